The van der Waals surface area contributed by atoms with E-state index in [0.717, 1.165) is 12.3 Å². The lowest BCUT2D eigenvalue weighted by Crippen LogP contribution is -2.22. The van der Waals surface area contributed by atoms with E-state index in [9.17, 15) is 0 Å². The first-order valence-corrected chi connectivity index (χ1v) is 12.4. The third-order valence-corrected chi connectivity index (χ3v) is 8.58. The van der Waals surface area contributed by atoms with Crippen molar-refractivity contribution < 1.29 is 0 Å². The predicted molar refractivity (Wildman–Crippen MR) is 111 cm³/mol. The first kappa shape index (κ1) is 21.5. The summed E-state index contributed by atoms with van der Waals surface area (Å²) in [5, 5.41) is 0. The molecule has 0 aliphatic heterocycles. The van der Waals surface area contributed by atoms with E-state index in [1.807, 2.05) is 0 Å². The molecule has 0 saturated heterocycles. The largest absolute Gasteiger partial charge is 0.126 e. The van der Waals surface area contributed by atoms with Crippen molar-refractivity contribution in [3.63, 3.8) is 0 Å². The highest BCUT2D eigenvalue weighted by Crippen LogP contribution is 2.41. The van der Waals surface area contributed by atoms with Crippen molar-refractivity contribution in [2.75, 3.05) is 30.2 Å². The summed E-state index contributed by atoms with van der Waals surface area (Å²) < 4.78 is 0. The van der Waals surface area contributed by atoms with Gasteiger partial charge in [-0.3, -0.25) is 0 Å². The van der Waals surface area contributed by atoms with Gasteiger partial charge in [0, 0.05) is 17.2 Å². The van der Waals surface area contributed by atoms with Gasteiger partial charge in [0.2, 0.25) is 0 Å². The zero-order valence-electron chi connectivity index (χ0n) is 15.1. The van der Waals surface area contributed by atoms with Crippen LogP contribution in [0.25, 0.3) is 0 Å². The number of halogens is 2. The SMILES string of the molecule is CCCCP(CCCC)CCCCC1(CCl)C=CC(CCl)=CC1. The summed E-state index contributed by atoms with van der Waals surface area (Å²) in [6, 6.07) is 0. The summed E-state index contributed by atoms with van der Waals surface area (Å²) in [5.41, 5.74) is 1.43. The average molecular weight is 377 g/mol. The Morgan fingerprint density at radius 2 is 1.65 bits per heavy atom. The highest BCUT2D eigenvalue weighted by Gasteiger charge is 2.26. The van der Waals surface area contributed by atoms with Gasteiger partial charge < -0.3 is 0 Å². The van der Waals surface area contributed by atoms with Crippen LogP contribution in [0.1, 0.15) is 65.2 Å². The molecule has 1 atom stereocenters. The Hall–Kier alpha value is 0.490. The van der Waals surface area contributed by atoms with Gasteiger partial charge in [-0.2, -0.15) is 0 Å². The highest BCUT2D eigenvalue weighted by atomic mass is 35.5. The summed E-state index contributed by atoms with van der Waals surface area (Å²) in [5.74, 6) is 1.35. The Bertz CT molecular complexity index is 357. The second-order valence-corrected chi connectivity index (χ2v) is 10.2. The molecule has 0 fully saturated rings. The van der Waals surface area contributed by atoms with Gasteiger partial charge in [0.1, 0.15) is 0 Å². The van der Waals surface area contributed by atoms with Gasteiger partial charge in [-0.05, 0) is 56.2 Å². The molecule has 3 heteroatoms. The van der Waals surface area contributed by atoms with Crippen LogP contribution in [0.15, 0.2) is 23.8 Å². The third kappa shape index (κ3) is 8.42. The fourth-order valence-electron chi connectivity index (χ4n) is 3.12. The zero-order chi connectivity index (χ0) is 17.0. The molecule has 0 aromatic carbocycles. The monoisotopic (exact) mass is 376 g/mol. The lowest BCUT2D eigenvalue weighted by Gasteiger charge is -2.30. The molecule has 0 spiro atoms. The van der Waals surface area contributed by atoms with E-state index in [1.165, 1.54) is 69.0 Å². The van der Waals surface area contributed by atoms with Crippen LogP contribution in [0.3, 0.4) is 0 Å². The van der Waals surface area contributed by atoms with E-state index in [4.69, 9.17) is 23.2 Å². The van der Waals surface area contributed by atoms with Crippen molar-refractivity contribution in [3.05, 3.63) is 23.8 Å². The molecule has 134 valence electrons. The number of rotatable bonds is 13. The van der Waals surface area contributed by atoms with E-state index in [2.05, 4.69) is 32.1 Å². The molecule has 0 amide bonds. The number of unbranched alkanes of at least 4 members (excludes halogenated alkanes) is 3. The maximum Gasteiger partial charge on any atom is 0.0470 e. The van der Waals surface area contributed by atoms with Crippen molar-refractivity contribution in [3.8, 4) is 0 Å². The Morgan fingerprint density at radius 3 is 2.13 bits per heavy atom. The van der Waals surface area contributed by atoms with Gasteiger partial charge in [0.25, 0.3) is 0 Å². The van der Waals surface area contributed by atoms with E-state index in [0.29, 0.717) is 5.88 Å². The highest BCUT2D eigenvalue weighted by molar-refractivity contribution is 7.57. The third-order valence-electron chi connectivity index (χ3n) is 4.90. The first-order chi connectivity index (χ1) is 11.2. The first-order valence-electron chi connectivity index (χ1n) is 9.42. The van der Waals surface area contributed by atoms with Gasteiger partial charge in [-0.25, -0.2) is 0 Å². The molecule has 1 unspecified atom stereocenters. The molecule has 0 heterocycles. The van der Waals surface area contributed by atoms with Gasteiger partial charge in [0.05, 0.1) is 0 Å². The number of hydrogen-bond acceptors (Lipinski definition) is 0. The molecule has 0 N–H and O–H groups in total. The quantitative estimate of drug-likeness (QED) is 0.176. The van der Waals surface area contributed by atoms with Crippen LogP contribution >= 0.6 is 31.1 Å². The molecular weight excluding hydrogens is 342 g/mol. The summed E-state index contributed by atoms with van der Waals surface area (Å²) >= 11 is 12.2. The van der Waals surface area contributed by atoms with Gasteiger partial charge in [-0.15, -0.1) is 31.1 Å². The lowest BCUT2D eigenvalue weighted by atomic mass is 9.78. The predicted octanol–water partition coefficient (Wildman–Crippen LogP) is 7.59. The number of allylic oxidation sites excluding steroid dienone is 4. The van der Waals surface area contributed by atoms with Crippen LogP contribution in [-0.2, 0) is 0 Å². The Balaban J connectivity index is 2.33. The van der Waals surface area contributed by atoms with Crippen LogP contribution in [0, 0.1) is 5.41 Å². The smallest absolute Gasteiger partial charge is 0.0470 e. The minimum Gasteiger partial charge on any atom is -0.126 e. The molecule has 1 aliphatic rings. The minimum absolute atomic E-state index is 0.187. The van der Waals surface area contributed by atoms with E-state index >= 15 is 0 Å². The van der Waals surface area contributed by atoms with Crippen LogP contribution in [0.4, 0.5) is 0 Å². The normalized spacial score (nSPS) is 21.0. The molecule has 0 nitrogen and oxygen atoms in total. The minimum atomic E-state index is 0.187. The lowest BCUT2D eigenvalue weighted by molar-refractivity contribution is 0.383. The number of hydrogen-bond donors (Lipinski definition) is 0. The maximum atomic E-state index is 6.30. The van der Waals surface area contributed by atoms with Gasteiger partial charge in [0.15, 0.2) is 0 Å². The van der Waals surface area contributed by atoms with Crippen molar-refractivity contribution in [2.45, 2.75) is 65.2 Å². The summed E-state index contributed by atoms with van der Waals surface area (Å²) in [6.45, 7) is 4.63. The van der Waals surface area contributed by atoms with Crippen molar-refractivity contribution >= 4 is 31.1 Å². The van der Waals surface area contributed by atoms with Crippen molar-refractivity contribution in [2.24, 2.45) is 5.41 Å². The fourth-order valence-corrected chi connectivity index (χ4v) is 6.51. The summed E-state index contributed by atoms with van der Waals surface area (Å²) in [6.07, 6.45) is 21.8. The standard InChI is InChI=1S/C20H35Cl2P/c1-3-5-14-23(15-6-4-2)16-8-7-11-20(18-22)12-9-19(17-21)10-13-20/h9-10,12H,3-8,11,13-18H2,1-2H3. The molecule has 23 heavy (non-hydrogen) atoms. The zero-order valence-corrected chi connectivity index (χ0v) is 17.5. The maximum absolute atomic E-state index is 6.30. The Morgan fingerprint density at radius 1 is 1.00 bits per heavy atom. The van der Waals surface area contributed by atoms with Crippen molar-refractivity contribution in [1.82, 2.24) is 0 Å². The molecule has 1 aliphatic carbocycles. The van der Waals surface area contributed by atoms with Crippen molar-refractivity contribution in [1.29, 1.82) is 0 Å². The molecule has 0 aromatic heterocycles. The molecular formula is C20H35Cl2P. The van der Waals surface area contributed by atoms with Crippen LogP contribution in [0.2, 0.25) is 0 Å². The molecule has 0 saturated carbocycles. The molecule has 1 rings (SSSR count). The van der Waals surface area contributed by atoms with Gasteiger partial charge >= 0.3 is 0 Å². The van der Waals surface area contributed by atoms with E-state index in [1.54, 1.807) is 0 Å². The van der Waals surface area contributed by atoms with E-state index < -0.39 is 0 Å². The molecule has 0 bridgehead atoms. The van der Waals surface area contributed by atoms with Gasteiger partial charge in [-0.1, -0.05) is 51.3 Å². The van der Waals surface area contributed by atoms with Crippen LogP contribution in [0.5, 0.6) is 0 Å². The van der Waals surface area contributed by atoms with Crippen LogP contribution in [-0.4, -0.2) is 30.2 Å². The van der Waals surface area contributed by atoms with Crippen LogP contribution < -0.4 is 0 Å². The topological polar surface area (TPSA) is 0 Å². The summed E-state index contributed by atoms with van der Waals surface area (Å²) in [4.78, 5) is 0. The Kier molecular flexibility index (Phi) is 12.0. The molecule has 0 aromatic rings. The fraction of sp³-hybridized carbons (Fsp3) is 0.800. The average Bonchev–Trinajstić information content (AvgIpc) is 2.60. The summed E-state index contributed by atoms with van der Waals surface area (Å²) in [7, 11) is 0.287. The Labute approximate surface area is 155 Å². The second kappa shape index (κ2) is 12.8. The molecule has 0 radical (unpaired) electrons. The number of alkyl halides is 2. The second-order valence-electron chi connectivity index (χ2n) is 6.95. The van der Waals surface area contributed by atoms with E-state index in [-0.39, 0.29) is 13.3 Å².